The van der Waals surface area contributed by atoms with Gasteiger partial charge in [0.05, 0.1) is 18.1 Å². The lowest BCUT2D eigenvalue weighted by Gasteiger charge is -2.23. The van der Waals surface area contributed by atoms with Crippen LogP contribution in [0.5, 0.6) is 0 Å². The first-order chi connectivity index (χ1) is 8.00. The molecule has 0 bridgehead atoms. The minimum Gasteiger partial charge on any atom is -0.443 e. The molecule has 8 heteroatoms. The molecule has 0 N–H and O–H groups in total. The summed E-state index contributed by atoms with van der Waals surface area (Å²) in [5.74, 6) is 0. The summed E-state index contributed by atoms with van der Waals surface area (Å²) >= 11 is 0. The Labute approximate surface area is 102 Å². The summed E-state index contributed by atoms with van der Waals surface area (Å²) in [6, 6.07) is 0. The summed E-state index contributed by atoms with van der Waals surface area (Å²) in [6.45, 7) is 4.99. The van der Waals surface area contributed by atoms with Crippen molar-refractivity contribution in [2.75, 3.05) is 11.9 Å². The molecule has 102 valence electrons. The third kappa shape index (κ3) is 3.64. The molecule has 0 aliphatic carbocycles. The third-order valence-corrected chi connectivity index (χ3v) is 1.88. The number of anilines is 1. The van der Waals surface area contributed by atoms with Crippen molar-refractivity contribution in [3.8, 4) is 0 Å². The summed E-state index contributed by atoms with van der Waals surface area (Å²) in [4.78, 5) is 12.6. The van der Waals surface area contributed by atoms with Crippen LogP contribution in [0.25, 0.3) is 0 Å². The Morgan fingerprint density at radius 1 is 1.39 bits per heavy atom. The van der Waals surface area contributed by atoms with E-state index in [0.29, 0.717) is 6.20 Å². The number of rotatable bonds is 1. The highest BCUT2D eigenvalue weighted by Crippen LogP contribution is 2.24. The maximum atomic E-state index is 12.3. The molecular weight excluding hydrogens is 251 g/mol. The van der Waals surface area contributed by atoms with Crippen molar-refractivity contribution in [2.24, 2.45) is 0 Å². The molecule has 18 heavy (non-hydrogen) atoms. The Bertz CT molecular complexity index is 434. The van der Waals surface area contributed by atoms with Gasteiger partial charge in [-0.2, -0.15) is 9.78 Å². The maximum absolute atomic E-state index is 12.3. The molecule has 1 heterocycles. The largest absolute Gasteiger partial charge is 0.504 e. The molecule has 1 aromatic heterocycles. The molecule has 1 amide bonds. The summed E-state index contributed by atoms with van der Waals surface area (Å²) in [7, 11) is 1.31. The predicted octanol–water partition coefficient (Wildman–Crippen LogP) is 2.73. The zero-order valence-corrected chi connectivity index (χ0v) is 10.4. The number of carbonyl (C=O) groups is 1. The SMILES string of the molecule is CN(C(=O)OC(C)(C)C)c1cnn(C(F)(F)F)c1. The van der Waals surface area contributed by atoms with Crippen molar-refractivity contribution >= 4 is 11.8 Å². The van der Waals surface area contributed by atoms with Crippen molar-refractivity contribution in [2.45, 2.75) is 32.7 Å². The van der Waals surface area contributed by atoms with Crippen LogP contribution in [0, 0.1) is 0 Å². The van der Waals surface area contributed by atoms with E-state index in [0.717, 1.165) is 11.1 Å². The fourth-order valence-electron chi connectivity index (χ4n) is 1.06. The molecule has 0 atom stereocenters. The number of hydrogen-bond donors (Lipinski definition) is 0. The fraction of sp³-hybridized carbons (Fsp3) is 0.600. The standard InChI is InChI=1S/C10H14F3N3O2/c1-9(2,3)18-8(17)15(4)7-5-14-16(6-7)10(11,12)13/h5-6H,1-4H3. The zero-order valence-electron chi connectivity index (χ0n) is 10.4. The van der Waals surface area contributed by atoms with Gasteiger partial charge in [-0.05, 0) is 20.8 Å². The first-order valence-corrected chi connectivity index (χ1v) is 5.09. The average molecular weight is 265 g/mol. The van der Waals surface area contributed by atoms with Crippen molar-refractivity contribution in [1.29, 1.82) is 0 Å². The quantitative estimate of drug-likeness (QED) is 0.784. The van der Waals surface area contributed by atoms with Gasteiger partial charge in [0.1, 0.15) is 5.60 Å². The summed E-state index contributed by atoms with van der Waals surface area (Å²) in [6.07, 6.45) is -3.70. The fourth-order valence-corrected chi connectivity index (χ4v) is 1.06. The second kappa shape index (κ2) is 4.51. The monoisotopic (exact) mass is 265 g/mol. The Morgan fingerprint density at radius 3 is 2.33 bits per heavy atom. The molecule has 1 aromatic rings. The number of ether oxygens (including phenoxy) is 1. The first-order valence-electron chi connectivity index (χ1n) is 5.09. The van der Waals surface area contributed by atoms with E-state index in [1.54, 1.807) is 20.8 Å². The van der Waals surface area contributed by atoms with E-state index >= 15 is 0 Å². The summed E-state index contributed by atoms with van der Waals surface area (Å²) < 4.78 is 41.7. The van der Waals surface area contributed by atoms with E-state index in [-0.39, 0.29) is 10.4 Å². The molecule has 0 radical (unpaired) electrons. The van der Waals surface area contributed by atoms with Crippen LogP contribution < -0.4 is 4.90 Å². The van der Waals surface area contributed by atoms with Gasteiger partial charge in [0, 0.05) is 7.05 Å². The smallest absolute Gasteiger partial charge is 0.443 e. The molecule has 5 nitrogen and oxygen atoms in total. The van der Waals surface area contributed by atoms with Crippen LogP contribution in [-0.4, -0.2) is 28.5 Å². The van der Waals surface area contributed by atoms with Crippen LogP contribution in [0.4, 0.5) is 23.7 Å². The van der Waals surface area contributed by atoms with E-state index in [1.807, 2.05) is 0 Å². The van der Waals surface area contributed by atoms with Crippen molar-refractivity contribution < 1.29 is 22.7 Å². The molecule has 0 saturated carbocycles. The van der Waals surface area contributed by atoms with Gasteiger partial charge in [0.25, 0.3) is 0 Å². The zero-order chi connectivity index (χ0) is 14.1. The molecule has 0 aliphatic rings. The normalized spacial score (nSPS) is 12.4. The lowest BCUT2D eigenvalue weighted by atomic mass is 10.2. The van der Waals surface area contributed by atoms with Gasteiger partial charge in [-0.3, -0.25) is 4.90 Å². The van der Waals surface area contributed by atoms with Gasteiger partial charge >= 0.3 is 12.4 Å². The van der Waals surface area contributed by atoms with Crippen molar-refractivity contribution in [1.82, 2.24) is 9.78 Å². The molecular formula is C10H14F3N3O2. The molecule has 0 saturated heterocycles. The van der Waals surface area contributed by atoms with E-state index in [9.17, 15) is 18.0 Å². The van der Waals surface area contributed by atoms with Crippen LogP contribution in [0.2, 0.25) is 0 Å². The highest BCUT2D eigenvalue weighted by Gasteiger charge is 2.32. The number of carbonyl (C=O) groups excluding carboxylic acids is 1. The summed E-state index contributed by atoms with van der Waals surface area (Å²) in [5, 5.41) is 3.13. The lowest BCUT2D eigenvalue weighted by Crippen LogP contribution is -2.34. The predicted molar refractivity (Wildman–Crippen MR) is 58.2 cm³/mol. The van der Waals surface area contributed by atoms with Gasteiger partial charge in [-0.25, -0.2) is 4.79 Å². The Hall–Kier alpha value is -1.73. The van der Waals surface area contributed by atoms with Gasteiger partial charge in [0.2, 0.25) is 0 Å². The van der Waals surface area contributed by atoms with Crippen LogP contribution in [0.15, 0.2) is 12.4 Å². The summed E-state index contributed by atoms with van der Waals surface area (Å²) in [5.41, 5.74) is -0.715. The van der Waals surface area contributed by atoms with Crippen molar-refractivity contribution in [3.05, 3.63) is 12.4 Å². The van der Waals surface area contributed by atoms with E-state index in [2.05, 4.69) is 5.10 Å². The highest BCUT2D eigenvalue weighted by molar-refractivity contribution is 5.86. The number of nitrogens with zero attached hydrogens (tertiary/aromatic N) is 3. The molecule has 0 aliphatic heterocycles. The Balaban J connectivity index is 2.82. The Morgan fingerprint density at radius 2 is 1.94 bits per heavy atom. The minimum absolute atomic E-state index is 0.00146. The molecule has 0 fully saturated rings. The number of aromatic nitrogens is 2. The van der Waals surface area contributed by atoms with Crippen LogP contribution >= 0.6 is 0 Å². The van der Waals surface area contributed by atoms with Crippen LogP contribution in [0.3, 0.4) is 0 Å². The molecule has 0 aromatic carbocycles. The van der Waals surface area contributed by atoms with E-state index in [1.165, 1.54) is 7.05 Å². The average Bonchev–Trinajstić information content (AvgIpc) is 2.61. The number of hydrogen-bond acceptors (Lipinski definition) is 3. The number of alkyl halides is 3. The van der Waals surface area contributed by atoms with E-state index < -0.39 is 18.0 Å². The third-order valence-electron chi connectivity index (χ3n) is 1.88. The van der Waals surface area contributed by atoms with Gasteiger partial charge in [-0.1, -0.05) is 0 Å². The Kier molecular flexibility index (Phi) is 3.59. The van der Waals surface area contributed by atoms with Crippen LogP contribution in [-0.2, 0) is 11.0 Å². The first kappa shape index (κ1) is 14.3. The molecule has 1 rings (SSSR count). The van der Waals surface area contributed by atoms with Crippen molar-refractivity contribution in [3.63, 3.8) is 0 Å². The molecule has 0 spiro atoms. The molecule has 0 unspecified atom stereocenters. The second-order valence-electron chi connectivity index (χ2n) is 4.65. The topological polar surface area (TPSA) is 47.4 Å². The van der Waals surface area contributed by atoms with Crippen LogP contribution in [0.1, 0.15) is 20.8 Å². The minimum atomic E-state index is -4.60. The number of halogens is 3. The van der Waals surface area contributed by atoms with Gasteiger partial charge in [0.15, 0.2) is 0 Å². The van der Waals surface area contributed by atoms with Gasteiger partial charge in [-0.15, -0.1) is 13.2 Å². The maximum Gasteiger partial charge on any atom is 0.504 e. The second-order valence-corrected chi connectivity index (χ2v) is 4.65. The van der Waals surface area contributed by atoms with Gasteiger partial charge < -0.3 is 4.74 Å². The lowest BCUT2D eigenvalue weighted by molar-refractivity contribution is -0.212. The number of amides is 1. The van der Waals surface area contributed by atoms with E-state index in [4.69, 9.17) is 4.74 Å². The highest BCUT2D eigenvalue weighted by atomic mass is 19.4.